The van der Waals surface area contributed by atoms with Gasteiger partial charge in [-0.1, -0.05) is 0 Å². The standard InChI is InChI=1S/C7H13ClO4/c1-3-11-7(12-4-2)5(8)6(9)10/h5,7H,3-4H2,1-2H3,(H,9,10). The van der Waals surface area contributed by atoms with E-state index >= 15 is 0 Å². The zero-order valence-electron chi connectivity index (χ0n) is 7.12. The van der Waals surface area contributed by atoms with Gasteiger partial charge in [0, 0.05) is 13.2 Å². The van der Waals surface area contributed by atoms with E-state index in [-0.39, 0.29) is 0 Å². The Kier molecular flexibility index (Phi) is 6.06. The molecule has 0 aliphatic heterocycles. The molecule has 0 saturated heterocycles. The molecule has 1 atom stereocenters. The van der Waals surface area contributed by atoms with Crippen molar-refractivity contribution in [1.82, 2.24) is 0 Å². The number of aliphatic carboxylic acids is 1. The molecule has 0 radical (unpaired) electrons. The molecule has 0 aliphatic carbocycles. The molecule has 0 aliphatic rings. The number of carboxylic acid groups (broad SMARTS) is 1. The van der Waals surface area contributed by atoms with Gasteiger partial charge in [0.2, 0.25) is 0 Å². The average molecular weight is 197 g/mol. The first-order chi connectivity index (χ1) is 5.63. The normalized spacial score (nSPS) is 13.3. The molecule has 0 saturated carbocycles. The number of ether oxygens (including phenoxy) is 2. The SMILES string of the molecule is CCOC(OCC)C(Cl)C(=O)O. The van der Waals surface area contributed by atoms with E-state index in [2.05, 4.69) is 0 Å². The Labute approximate surface area is 76.4 Å². The minimum Gasteiger partial charge on any atom is -0.480 e. The van der Waals surface area contributed by atoms with Crippen molar-refractivity contribution in [2.45, 2.75) is 25.5 Å². The zero-order valence-corrected chi connectivity index (χ0v) is 7.87. The third-order valence-corrected chi connectivity index (χ3v) is 1.53. The summed E-state index contributed by atoms with van der Waals surface area (Å²) in [6.07, 6.45) is -0.862. The Hall–Kier alpha value is -0.320. The minimum atomic E-state index is -1.15. The summed E-state index contributed by atoms with van der Waals surface area (Å²) in [6.45, 7) is 4.25. The second kappa shape index (κ2) is 6.22. The van der Waals surface area contributed by atoms with Gasteiger partial charge < -0.3 is 14.6 Å². The van der Waals surface area contributed by atoms with Crippen molar-refractivity contribution in [3.63, 3.8) is 0 Å². The van der Waals surface area contributed by atoms with Crippen LogP contribution in [-0.2, 0) is 14.3 Å². The van der Waals surface area contributed by atoms with Gasteiger partial charge in [0.1, 0.15) is 0 Å². The van der Waals surface area contributed by atoms with Crippen LogP contribution in [-0.4, -0.2) is 36.0 Å². The van der Waals surface area contributed by atoms with E-state index in [1.807, 2.05) is 0 Å². The molecule has 5 heteroatoms. The van der Waals surface area contributed by atoms with Crippen LogP contribution < -0.4 is 0 Å². The Morgan fingerprint density at radius 3 is 2.08 bits per heavy atom. The molecule has 0 fully saturated rings. The molecule has 0 bridgehead atoms. The van der Waals surface area contributed by atoms with Crippen LogP contribution in [0, 0.1) is 0 Å². The van der Waals surface area contributed by atoms with Gasteiger partial charge in [0.25, 0.3) is 0 Å². The molecular formula is C7H13ClO4. The number of hydrogen-bond acceptors (Lipinski definition) is 3. The second-order valence-corrected chi connectivity index (χ2v) is 2.49. The number of rotatable bonds is 6. The maximum Gasteiger partial charge on any atom is 0.326 e. The van der Waals surface area contributed by atoms with Gasteiger partial charge >= 0.3 is 5.97 Å². The summed E-state index contributed by atoms with van der Waals surface area (Å²) in [5.74, 6) is -1.14. The monoisotopic (exact) mass is 196 g/mol. The Morgan fingerprint density at radius 2 is 1.83 bits per heavy atom. The van der Waals surface area contributed by atoms with Gasteiger partial charge in [-0.25, -0.2) is 0 Å². The Balaban J connectivity index is 3.98. The molecule has 1 unspecified atom stereocenters. The minimum absolute atomic E-state index is 0.376. The molecule has 0 spiro atoms. The van der Waals surface area contributed by atoms with E-state index in [9.17, 15) is 4.79 Å². The first-order valence-electron chi connectivity index (χ1n) is 3.73. The van der Waals surface area contributed by atoms with E-state index in [1.54, 1.807) is 13.8 Å². The Morgan fingerprint density at radius 1 is 1.42 bits per heavy atom. The molecule has 0 aromatic rings. The van der Waals surface area contributed by atoms with Crippen LogP contribution in [0.15, 0.2) is 0 Å². The number of halogens is 1. The summed E-state index contributed by atoms with van der Waals surface area (Å²) in [5, 5.41) is 7.37. The van der Waals surface area contributed by atoms with Gasteiger partial charge in [-0.15, -0.1) is 11.6 Å². The Bertz CT molecular complexity index is 133. The van der Waals surface area contributed by atoms with Crippen LogP contribution in [0.1, 0.15) is 13.8 Å². The van der Waals surface area contributed by atoms with Crippen molar-refractivity contribution in [1.29, 1.82) is 0 Å². The largest absolute Gasteiger partial charge is 0.480 e. The molecule has 0 heterocycles. The van der Waals surface area contributed by atoms with E-state index < -0.39 is 17.6 Å². The molecule has 4 nitrogen and oxygen atoms in total. The van der Waals surface area contributed by atoms with E-state index in [4.69, 9.17) is 26.2 Å². The van der Waals surface area contributed by atoms with Crippen LogP contribution >= 0.6 is 11.6 Å². The van der Waals surface area contributed by atoms with E-state index in [0.29, 0.717) is 13.2 Å². The summed E-state index contributed by atoms with van der Waals surface area (Å²) >= 11 is 5.49. The molecular weight excluding hydrogens is 184 g/mol. The molecule has 72 valence electrons. The first-order valence-corrected chi connectivity index (χ1v) is 4.17. The fourth-order valence-corrected chi connectivity index (χ4v) is 0.808. The third-order valence-electron chi connectivity index (χ3n) is 1.14. The molecule has 12 heavy (non-hydrogen) atoms. The third kappa shape index (κ3) is 3.90. The van der Waals surface area contributed by atoms with Crippen molar-refractivity contribution < 1.29 is 19.4 Å². The molecule has 0 rings (SSSR count). The van der Waals surface area contributed by atoms with Crippen LogP contribution in [0.25, 0.3) is 0 Å². The summed E-state index contributed by atoms with van der Waals surface area (Å²) in [5.41, 5.74) is 0. The maximum atomic E-state index is 10.4. The maximum absolute atomic E-state index is 10.4. The fourth-order valence-electron chi connectivity index (χ4n) is 0.662. The van der Waals surface area contributed by atoms with Crippen molar-refractivity contribution in [2.75, 3.05) is 13.2 Å². The topological polar surface area (TPSA) is 55.8 Å². The van der Waals surface area contributed by atoms with Gasteiger partial charge in [-0.2, -0.15) is 0 Å². The number of alkyl halides is 1. The average Bonchev–Trinajstić information content (AvgIpc) is 2.03. The highest BCUT2D eigenvalue weighted by Crippen LogP contribution is 2.09. The van der Waals surface area contributed by atoms with Crippen molar-refractivity contribution >= 4 is 17.6 Å². The van der Waals surface area contributed by atoms with Gasteiger partial charge in [-0.05, 0) is 13.8 Å². The van der Waals surface area contributed by atoms with Crippen LogP contribution in [0.5, 0.6) is 0 Å². The van der Waals surface area contributed by atoms with Crippen molar-refractivity contribution in [3.8, 4) is 0 Å². The van der Waals surface area contributed by atoms with E-state index in [1.165, 1.54) is 0 Å². The lowest BCUT2D eigenvalue weighted by Gasteiger charge is -2.18. The second-order valence-electron chi connectivity index (χ2n) is 2.02. The lowest BCUT2D eigenvalue weighted by atomic mass is 10.4. The van der Waals surface area contributed by atoms with Crippen LogP contribution in [0.4, 0.5) is 0 Å². The summed E-state index contributed by atoms with van der Waals surface area (Å²) in [7, 11) is 0. The molecule has 0 aromatic carbocycles. The van der Waals surface area contributed by atoms with Crippen molar-refractivity contribution in [2.24, 2.45) is 0 Å². The van der Waals surface area contributed by atoms with Crippen LogP contribution in [0.2, 0.25) is 0 Å². The van der Waals surface area contributed by atoms with Crippen molar-refractivity contribution in [3.05, 3.63) is 0 Å². The zero-order chi connectivity index (χ0) is 9.56. The molecule has 0 aromatic heterocycles. The lowest BCUT2D eigenvalue weighted by Crippen LogP contribution is -2.34. The summed E-state index contributed by atoms with van der Waals surface area (Å²) < 4.78 is 9.94. The fraction of sp³-hybridized carbons (Fsp3) is 0.857. The quantitative estimate of drug-likeness (QED) is 0.510. The van der Waals surface area contributed by atoms with E-state index in [0.717, 1.165) is 0 Å². The van der Waals surface area contributed by atoms with Gasteiger partial charge in [-0.3, -0.25) is 4.79 Å². The highest BCUT2D eigenvalue weighted by atomic mass is 35.5. The molecule has 1 N–H and O–H groups in total. The summed E-state index contributed by atoms with van der Waals surface area (Å²) in [4.78, 5) is 10.4. The lowest BCUT2D eigenvalue weighted by molar-refractivity contribution is -0.162. The highest BCUT2D eigenvalue weighted by molar-refractivity contribution is 6.30. The highest BCUT2D eigenvalue weighted by Gasteiger charge is 2.26. The number of hydrogen-bond donors (Lipinski definition) is 1. The predicted molar refractivity (Wildman–Crippen MR) is 44.3 cm³/mol. The summed E-state index contributed by atoms with van der Waals surface area (Å²) in [6, 6.07) is 0. The smallest absolute Gasteiger partial charge is 0.326 e. The predicted octanol–water partition coefficient (Wildman–Crippen LogP) is 1.08. The first kappa shape index (κ1) is 11.7. The van der Waals surface area contributed by atoms with Crippen LogP contribution in [0.3, 0.4) is 0 Å². The molecule has 0 amide bonds. The van der Waals surface area contributed by atoms with Gasteiger partial charge in [0.15, 0.2) is 11.7 Å². The number of carboxylic acids is 1. The number of carbonyl (C=O) groups is 1. The van der Waals surface area contributed by atoms with Gasteiger partial charge in [0.05, 0.1) is 0 Å².